The molecular formula is C17H25NO2. The van der Waals surface area contributed by atoms with Gasteiger partial charge in [-0.1, -0.05) is 49.6 Å². The molecule has 0 saturated heterocycles. The highest BCUT2D eigenvalue weighted by Gasteiger charge is 2.29. The van der Waals surface area contributed by atoms with E-state index >= 15 is 0 Å². The molecule has 1 amide bonds. The lowest BCUT2D eigenvalue weighted by atomic mass is 9.81. The standard InChI is InChI=1S/C17H25NO2/c1-18(14-15-8-4-2-5-9-15)16(19)10-13-17(20)11-6-3-7-12-17/h2,4-5,8-9,20H,3,6-7,10-14H2,1H3. The quantitative estimate of drug-likeness (QED) is 0.897. The lowest BCUT2D eigenvalue weighted by molar-refractivity contribution is -0.132. The second-order valence-electron chi connectivity index (χ2n) is 6.02. The molecule has 1 fully saturated rings. The summed E-state index contributed by atoms with van der Waals surface area (Å²) in [5, 5.41) is 10.4. The number of carbonyl (C=O) groups excluding carboxylic acids is 1. The number of aliphatic hydroxyl groups is 1. The predicted molar refractivity (Wildman–Crippen MR) is 80.2 cm³/mol. The molecule has 20 heavy (non-hydrogen) atoms. The Morgan fingerprint density at radius 2 is 1.85 bits per heavy atom. The highest BCUT2D eigenvalue weighted by Crippen LogP contribution is 2.31. The second-order valence-corrected chi connectivity index (χ2v) is 6.02. The van der Waals surface area contributed by atoms with Crippen LogP contribution in [0.5, 0.6) is 0 Å². The molecule has 110 valence electrons. The fourth-order valence-electron chi connectivity index (χ4n) is 2.94. The molecule has 0 bridgehead atoms. The zero-order valence-corrected chi connectivity index (χ0v) is 12.3. The van der Waals surface area contributed by atoms with Crippen LogP contribution in [0.2, 0.25) is 0 Å². The molecule has 0 spiro atoms. The fourth-order valence-corrected chi connectivity index (χ4v) is 2.94. The molecule has 1 aromatic rings. The van der Waals surface area contributed by atoms with Gasteiger partial charge in [0.05, 0.1) is 5.60 Å². The average Bonchev–Trinajstić information content (AvgIpc) is 2.46. The van der Waals surface area contributed by atoms with E-state index in [1.807, 2.05) is 37.4 Å². The Morgan fingerprint density at radius 3 is 2.50 bits per heavy atom. The third-order valence-corrected chi connectivity index (χ3v) is 4.28. The fraction of sp³-hybridized carbons (Fsp3) is 0.588. The third kappa shape index (κ3) is 4.34. The summed E-state index contributed by atoms with van der Waals surface area (Å²) in [6.45, 7) is 0.637. The summed E-state index contributed by atoms with van der Waals surface area (Å²) in [6.07, 6.45) is 6.13. The van der Waals surface area contributed by atoms with E-state index in [0.717, 1.165) is 31.2 Å². The van der Waals surface area contributed by atoms with E-state index in [9.17, 15) is 9.90 Å². The summed E-state index contributed by atoms with van der Waals surface area (Å²) in [7, 11) is 1.83. The Morgan fingerprint density at radius 1 is 1.20 bits per heavy atom. The van der Waals surface area contributed by atoms with Gasteiger partial charge in [0.2, 0.25) is 5.91 Å². The summed E-state index contributed by atoms with van der Waals surface area (Å²) >= 11 is 0. The number of carbonyl (C=O) groups is 1. The molecular weight excluding hydrogens is 250 g/mol. The van der Waals surface area contributed by atoms with Gasteiger partial charge < -0.3 is 10.0 Å². The van der Waals surface area contributed by atoms with Gasteiger partial charge in [0, 0.05) is 20.0 Å². The molecule has 0 aromatic heterocycles. The normalized spacial score (nSPS) is 17.7. The van der Waals surface area contributed by atoms with Crippen molar-refractivity contribution in [2.24, 2.45) is 0 Å². The van der Waals surface area contributed by atoms with Crippen LogP contribution in [0, 0.1) is 0 Å². The van der Waals surface area contributed by atoms with Gasteiger partial charge in [0.25, 0.3) is 0 Å². The van der Waals surface area contributed by atoms with Gasteiger partial charge in [0.15, 0.2) is 0 Å². The summed E-state index contributed by atoms with van der Waals surface area (Å²) in [4.78, 5) is 13.9. The summed E-state index contributed by atoms with van der Waals surface area (Å²) in [5.74, 6) is 0.118. The molecule has 1 saturated carbocycles. The molecule has 0 heterocycles. The van der Waals surface area contributed by atoms with Crippen LogP contribution in [0.4, 0.5) is 0 Å². The maximum absolute atomic E-state index is 12.1. The first kappa shape index (κ1) is 15.0. The van der Waals surface area contributed by atoms with Gasteiger partial charge in [-0.2, -0.15) is 0 Å². The molecule has 3 heteroatoms. The van der Waals surface area contributed by atoms with Gasteiger partial charge in [-0.05, 0) is 24.8 Å². The number of rotatable bonds is 5. The maximum atomic E-state index is 12.1. The molecule has 0 radical (unpaired) electrons. The maximum Gasteiger partial charge on any atom is 0.222 e. The molecule has 0 unspecified atom stereocenters. The minimum Gasteiger partial charge on any atom is -0.390 e. The summed E-state index contributed by atoms with van der Waals surface area (Å²) in [6, 6.07) is 10.00. The minimum atomic E-state index is -0.596. The van der Waals surface area contributed by atoms with E-state index in [4.69, 9.17) is 0 Å². The van der Waals surface area contributed by atoms with Gasteiger partial charge >= 0.3 is 0 Å². The SMILES string of the molecule is CN(Cc1ccccc1)C(=O)CCC1(O)CCCCC1. The van der Waals surface area contributed by atoms with E-state index in [0.29, 0.717) is 19.4 Å². The Hall–Kier alpha value is -1.35. The lowest BCUT2D eigenvalue weighted by Gasteiger charge is -2.32. The molecule has 1 aliphatic rings. The molecule has 0 atom stereocenters. The molecule has 1 N–H and O–H groups in total. The average molecular weight is 275 g/mol. The Kier molecular flexibility index (Phi) is 5.18. The Labute approximate surface area is 121 Å². The number of amides is 1. The molecule has 0 aliphatic heterocycles. The zero-order valence-electron chi connectivity index (χ0n) is 12.3. The van der Waals surface area contributed by atoms with E-state index in [-0.39, 0.29) is 5.91 Å². The predicted octanol–water partition coefficient (Wildman–Crippen LogP) is 3.12. The summed E-state index contributed by atoms with van der Waals surface area (Å²) < 4.78 is 0. The van der Waals surface area contributed by atoms with Crippen molar-refractivity contribution in [3.63, 3.8) is 0 Å². The van der Waals surface area contributed by atoms with Crippen molar-refractivity contribution in [3.05, 3.63) is 35.9 Å². The lowest BCUT2D eigenvalue weighted by Crippen LogP contribution is -2.34. The third-order valence-electron chi connectivity index (χ3n) is 4.28. The Balaban J connectivity index is 1.79. The van der Waals surface area contributed by atoms with Crippen molar-refractivity contribution < 1.29 is 9.90 Å². The van der Waals surface area contributed by atoms with Crippen LogP contribution in [-0.4, -0.2) is 28.6 Å². The number of hydrogen-bond donors (Lipinski definition) is 1. The highest BCUT2D eigenvalue weighted by atomic mass is 16.3. The highest BCUT2D eigenvalue weighted by molar-refractivity contribution is 5.75. The van der Waals surface area contributed by atoms with Crippen LogP contribution in [0.3, 0.4) is 0 Å². The molecule has 1 aromatic carbocycles. The van der Waals surface area contributed by atoms with Crippen LogP contribution in [-0.2, 0) is 11.3 Å². The Bertz CT molecular complexity index is 424. The van der Waals surface area contributed by atoms with E-state index < -0.39 is 5.60 Å². The van der Waals surface area contributed by atoms with Crippen LogP contribution >= 0.6 is 0 Å². The van der Waals surface area contributed by atoms with Gasteiger partial charge in [0.1, 0.15) is 0 Å². The topological polar surface area (TPSA) is 40.5 Å². The number of hydrogen-bond acceptors (Lipinski definition) is 2. The van der Waals surface area contributed by atoms with E-state index in [2.05, 4.69) is 0 Å². The second kappa shape index (κ2) is 6.89. The minimum absolute atomic E-state index is 0.118. The first-order chi connectivity index (χ1) is 9.59. The van der Waals surface area contributed by atoms with Crippen molar-refractivity contribution in [2.45, 2.75) is 57.1 Å². The van der Waals surface area contributed by atoms with Crippen molar-refractivity contribution in [2.75, 3.05) is 7.05 Å². The van der Waals surface area contributed by atoms with E-state index in [1.54, 1.807) is 4.90 Å². The van der Waals surface area contributed by atoms with Crippen molar-refractivity contribution in [1.82, 2.24) is 4.90 Å². The summed E-state index contributed by atoms with van der Waals surface area (Å²) in [5.41, 5.74) is 0.543. The number of benzene rings is 1. The van der Waals surface area contributed by atoms with E-state index in [1.165, 1.54) is 6.42 Å². The van der Waals surface area contributed by atoms with Gasteiger partial charge in [-0.25, -0.2) is 0 Å². The first-order valence-electron chi connectivity index (χ1n) is 7.59. The first-order valence-corrected chi connectivity index (χ1v) is 7.59. The van der Waals surface area contributed by atoms with Crippen LogP contribution in [0.15, 0.2) is 30.3 Å². The van der Waals surface area contributed by atoms with Crippen LogP contribution in [0.1, 0.15) is 50.5 Å². The van der Waals surface area contributed by atoms with Crippen LogP contribution < -0.4 is 0 Å². The molecule has 2 rings (SSSR count). The number of nitrogens with zero attached hydrogens (tertiary/aromatic N) is 1. The zero-order chi connectivity index (χ0) is 14.4. The van der Waals surface area contributed by atoms with Crippen LogP contribution in [0.25, 0.3) is 0 Å². The monoisotopic (exact) mass is 275 g/mol. The molecule has 3 nitrogen and oxygen atoms in total. The smallest absolute Gasteiger partial charge is 0.222 e. The van der Waals surface area contributed by atoms with Crippen molar-refractivity contribution >= 4 is 5.91 Å². The van der Waals surface area contributed by atoms with Gasteiger partial charge in [-0.3, -0.25) is 4.79 Å². The van der Waals surface area contributed by atoms with Gasteiger partial charge in [-0.15, -0.1) is 0 Å². The van der Waals surface area contributed by atoms with Crippen molar-refractivity contribution in [3.8, 4) is 0 Å². The largest absolute Gasteiger partial charge is 0.390 e. The molecule has 1 aliphatic carbocycles. The van der Waals surface area contributed by atoms with Crippen molar-refractivity contribution in [1.29, 1.82) is 0 Å².